The lowest BCUT2D eigenvalue weighted by molar-refractivity contribution is 0.0935. The maximum absolute atomic E-state index is 13.4. The van der Waals surface area contributed by atoms with Crippen molar-refractivity contribution in [1.29, 1.82) is 0 Å². The van der Waals surface area contributed by atoms with Gasteiger partial charge in [-0.05, 0) is 63.3 Å². The van der Waals surface area contributed by atoms with Crippen molar-refractivity contribution in [3.63, 3.8) is 0 Å². The number of carbonyl (C=O) groups is 2. The molecule has 0 spiro atoms. The first-order chi connectivity index (χ1) is 17.2. The molecule has 6 rings (SSSR count). The van der Waals surface area contributed by atoms with E-state index in [0.29, 0.717) is 10.6 Å². The molecule has 0 unspecified atom stereocenters. The second kappa shape index (κ2) is 9.47. The van der Waals surface area contributed by atoms with E-state index in [0.717, 1.165) is 66.1 Å². The number of pyridine rings is 1. The standard InChI is InChI=1S/C26H29N5O3S/c32-24(29-16-6-5-12-27-15-16)23-22-21-20(11-13-28-25(21)35-23)31(26(33)30-22)17-7-4-10-19(14-17)34-18-8-2-1-3-9-18/h4,7,10-11,13-14,16,18,27H,1-3,5-6,8-9,12,15H2,(H,29,32)(H,30,33)/t16-/m1/s1. The third-order valence-corrected chi connectivity index (χ3v) is 8.11. The van der Waals surface area contributed by atoms with Crippen LogP contribution in [0.25, 0.3) is 10.2 Å². The number of amides is 3. The number of nitrogens with zero attached hydrogens (tertiary/aromatic N) is 2. The Morgan fingerprint density at radius 3 is 2.86 bits per heavy atom. The molecule has 2 fully saturated rings. The molecule has 4 heterocycles. The summed E-state index contributed by atoms with van der Waals surface area (Å²) in [7, 11) is 0. The highest BCUT2D eigenvalue weighted by Crippen LogP contribution is 2.46. The van der Waals surface area contributed by atoms with Crippen LogP contribution in [0, 0.1) is 0 Å². The van der Waals surface area contributed by atoms with E-state index in [1.165, 1.54) is 30.6 Å². The van der Waals surface area contributed by atoms with Gasteiger partial charge in [0.1, 0.15) is 15.5 Å². The molecule has 182 valence electrons. The predicted octanol–water partition coefficient (Wildman–Crippen LogP) is 5.17. The van der Waals surface area contributed by atoms with E-state index < -0.39 is 0 Å². The number of hydrogen-bond acceptors (Lipinski definition) is 6. The molecular weight excluding hydrogens is 462 g/mol. The SMILES string of the molecule is O=C(N[C@@H]1CCCNC1)c1sc2nccc3c2c1NC(=O)N3c1cccc(OC2CCCCC2)c1. The van der Waals surface area contributed by atoms with Gasteiger partial charge in [-0.1, -0.05) is 12.5 Å². The van der Waals surface area contributed by atoms with Gasteiger partial charge in [-0.15, -0.1) is 11.3 Å². The number of thiophene rings is 1. The minimum Gasteiger partial charge on any atom is -0.490 e. The van der Waals surface area contributed by atoms with Crippen LogP contribution in [0.15, 0.2) is 36.5 Å². The Balaban J connectivity index is 1.32. The number of hydrogen-bond donors (Lipinski definition) is 3. The van der Waals surface area contributed by atoms with Crippen LogP contribution in [0.2, 0.25) is 0 Å². The molecule has 0 bridgehead atoms. The largest absolute Gasteiger partial charge is 0.490 e. The summed E-state index contributed by atoms with van der Waals surface area (Å²) >= 11 is 1.32. The van der Waals surface area contributed by atoms with Gasteiger partial charge in [-0.25, -0.2) is 9.78 Å². The van der Waals surface area contributed by atoms with Gasteiger partial charge < -0.3 is 20.7 Å². The number of aromatic nitrogens is 1. The lowest BCUT2D eigenvalue weighted by atomic mass is 9.98. The highest BCUT2D eigenvalue weighted by molar-refractivity contribution is 7.21. The van der Waals surface area contributed by atoms with Gasteiger partial charge in [-0.2, -0.15) is 0 Å². The Labute approximate surface area is 208 Å². The summed E-state index contributed by atoms with van der Waals surface area (Å²) in [6.07, 6.45) is 9.70. The molecule has 9 heteroatoms. The van der Waals surface area contributed by atoms with E-state index in [9.17, 15) is 9.59 Å². The molecule has 35 heavy (non-hydrogen) atoms. The van der Waals surface area contributed by atoms with Crippen molar-refractivity contribution in [3.05, 3.63) is 41.4 Å². The van der Waals surface area contributed by atoms with Gasteiger partial charge in [0.15, 0.2) is 0 Å². The third-order valence-electron chi connectivity index (χ3n) is 7.02. The first-order valence-electron chi connectivity index (χ1n) is 12.5. The van der Waals surface area contributed by atoms with Crippen LogP contribution in [0.1, 0.15) is 54.6 Å². The Morgan fingerprint density at radius 1 is 1.14 bits per heavy atom. The maximum Gasteiger partial charge on any atom is 0.331 e. The monoisotopic (exact) mass is 491 g/mol. The molecule has 1 saturated heterocycles. The molecule has 3 N–H and O–H groups in total. The first-order valence-corrected chi connectivity index (χ1v) is 13.3. The fourth-order valence-electron chi connectivity index (χ4n) is 5.30. The van der Waals surface area contributed by atoms with E-state index in [1.807, 2.05) is 30.3 Å². The van der Waals surface area contributed by atoms with E-state index in [1.54, 1.807) is 11.1 Å². The van der Waals surface area contributed by atoms with E-state index in [-0.39, 0.29) is 24.1 Å². The van der Waals surface area contributed by atoms with Crippen molar-refractivity contribution in [3.8, 4) is 5.75 Å². The summed E-state index contributed by atoms with van der Waals surface area (Å²) in [5.41, 5.74) is 1.99. The van der Waals surface area contributed by atoms with Crippen LogP contribution in [0.3, 0.4) is 0 Å². The molecule has 0 radical (unpaired) electrons. The molecular formula is C26H29N5O3S. The molecule has 2 aliphatic heterocycles. The second-order valence-electron chi connectivity index (χ2n) is 9.47. The minimum absolute atomic E-state index is 0.0868. The topological polar surface area (TPSA) is 95.6 Å². The Morgan fingerprint density at radius 2 is 2.03 bits per heavy atom. The maximum atomic E-state index is 13.4. The quantitative estimate of drug-likeness (QED) is 0.457. The smallest absolute Gasteiger partial charge is 0.331 e. The van der Waals surface area contributed by atoms with Crippen molar-refractivity contribution in [2.45, 2.75) is 57.1 Å². The molecule has 3 amide bonds. The number of benzene rings is 1. The van der Waals surface area contributed by atoms with Crippen molar-refractivity contribution in [1.82, 2.24) is 15.6 Å². The molecule has 1 saturated carbocycles. The average Bonchev–Trinajstić information content (AvgIpc) is 3.25. The summed E-state index contributed by atoms with van der Waals surface area (Å²) in [6, 6.07) is 9.30. The number of rotatable bonds is 5. The average molecular weight is 492 g/mol. The van der Waals surface area contributed by atoms with Gasteiger partial charge in [0.05, 0.1) is 28.6 Å². The summed E-state index contributed by atoms with van der Waals surface area (Å²) in [5, 5.41) is 10.2. The van der Waals surface area contributed by atoms with Gasteiger partial charge >= 0.3 is 6.03 Å². The fourth-order valence-corrected chi connectivity index (χ4v) is 6.32. The highest BCUT2D eigenvalue weighted by atomic mass is 32.1. The Hall–Kier alpha value is -3.17. The summed E-state index contributed by atoms with van der Waals surface area (Å²) in [5.74, 6) is 0.601. The molecule has 2 aromatic heterocycles. The van der Waals surface area contributed by atoms with E-state index in [4.69, 9.17) is 4.74 Å². The molecule has 1 atom stereocenters. The van der Waals surface area contributed by atoms with Crippen LogP contribution in [0.4, 0.5) is 21.9 Å². The molecule has 1 aliphatic carbocycles. The van der Waals surface area contributed by atoms with Crippen LogP contribution < -0.4 is 25.6 Å². The number of carbonyl (C=O) groups excluding carboxylic acids is 2. The number of nitrogens with one attached hydrogen (secondary N) is 3. The van der Waals surface area contributed by atoms with Crippen molar-refractivity contribution in [2.75, 3.05) is 23.3 Å². The van der Waals surface area contributed by atoms with E-state index in [2.05, 4.69) is 20.9 Å². The number of anilines is 3. The lowest BCUT2D eigenvalue weighted by Crippen LogP contribution is -2.45. The molecule has 3 aliphatic rings. The van der Waals surface area contributed by atoms with Crippen molar-refractivity contribution >= 4 is 50.6 Å². The highest BCUT2D eigenvalue weighted by Gasteiger charge is 2.33. The van der Waals surface area contributed by atoms with Gasteiger partial charge in [0.2, 0.25) is 0 Å². The zero-order chi connectivity index (χ0) is 23.8. The molecule has 1 aromatic carbocycles. The Bertz CT molecular complexity index is 1260. The number of piperidine rings is 1. The van der Waals surface area contributed by atoms with Crippen molar-refractivity contribution in [2.24, 2.45) is 0 Å². The van der Waals surface area contributed by atoms with Crippen LogP contribution in [-0.2, 0) is 0 Å². The normalized spacial score (nSPS) is 20.5. The predicted molar refractivity (Wildman–Crippen MR) is 138 cm³/mol. The number of ether oxygens (including phenoxy) is 1. The fraction of sp³-hybridized carbons (Fsp3) is 0.423. The summed E-state index contributed by atoms with van der Waals surface area (Å²) < 4.78 is 6.25. The van der Waals surface area contributed by atoms with Crippen LogP contribution in [0.5, 0.6) is 5.75 Å². The minimum atomic E-state index is -0.299. The van der Waals surface area contributed by atoms with Crippen molar-refractivity contribution < 1.29 is 14.3 Å². The summed E-state index contributed by atoms with van der Waals surface area (Å²) in [6.45, 7) is 1.74. The van der Waals surface area contributed by atoms with Gasteiger partial charge in [0, 0.05) is 24.8 Å². The zero-order valence-corrected chi connectivity index (χ0v) is 20.3. The van der Waals surface area contributed by atoms with Gasteiger partial charge in [-0.3, -0.25) is 9.69 Å². The van der Waals surface area contributed by atoms with Gasteiger partial charge in [0.25, 0.3) is 5.91 Å². The molecule has 8 nitrogen and oxygen atoms in total. The van der Waals surface area contributed by atoms with Crippen LogP contribution >= 0.6 is 11.3 Å². The third kappa shape index (κ3) is 4.34. The molecule has 3 aromatic rings. The number of urea groups is 1. The van der Waals surface area contributed by atoms with Crippen LogP contribution in [-0.4, -0.2) is 42.2 Å². The zero-order valence-electron chi connectivity index (χ0n) is 19.5. The summed E-state index contributed by atoms with van der Waals surface area (Å²) in [4.78, 5) is 33.9. The lowest BCUT2D eigenvalue weighted by Gasteiger charge is -2.29. The van der Waals surface area contributed by atoms with E-state index >= 15 is 0 Å². The Kier molecular flexibility index (Phi) is 6.03. The second-order valence-corrected chi connectivity index (χ2v) is 10.5. The first kappa shape index (κ1) is 22.3.